The lowest BCUT2D eigenvalue weighted by molar-refractivity contribution is -0.129. The predicted octanol–water partition coefficient (Wildman–Crippen LogP) is 0.984. The van der Waals surface area contributed by atoms with E-state index in [1.807, 2.05) is 4.90 Å². The van der Waals surface area contributed by atoms with Crippen LogP contribution >= 0.6 is 0 Å². The van der Waals surface area contributed by atoms with Crippen molar-refractivity contribution in [3.8, 4) is 0 Å². The molecular formula is C11H20N2O. The third-order valence-electron chi connectivity index (χ3n) is 3.76. The minimum atomic E-state index is 0.313. The van der Waals surface area contributed by atoms with Crippen LogP contribution in [0.3, 0.4) is 0 Å². The van der Waals surface area contributed by atoms with Crippen LogP contribution in [-0.2, 0) is 4.79 Å². The van der Waals surface area contributed by atoms with E-state index in [1.54, 1.807) is 0 Å². The van der Waals surface area contributed by atoms with Gasteiger partial charge in [0.15, 0.2) is 0 Å². The molecule has 1 amide bonds. The molecule has 3 nitrogen and oxygen atoms in total. The Labute approximate surface area is 85.6 Å². The van der Waals surface area contributed by atoms with E-state index in [0.717, 1.165) is 13.1 Å². The Morgan fingerprint density at radius 2 is 2.29 bits per heavy atom. The average molecular weight is 196 g/mol. The first-order valence-electron chi connectivity index (χ1n) is 5.61. The summed E-state index contributed by atoms with van der Waals surface area (Å²) in [6.07, 6.45) is 4.57. The summed E-state index contributed by atoms with van der Waals surface area (Å²) in [5.74, 6) is 0.722. The molecule has 0 bridgehead atoms. The van der Waals surface area contributed by atoms with Gasteiger partial charge in [0.2, 0.25) is 5.91 Å². The molecule has 0 spiro atoms. The molecule has 2 fully saturated rings. The van der Waals surface area contributed by atoms with Crippen LogP contribution in [0.15, 0.2) is 0 Å². The number of nitrogens with zero attached hydrogens (tertiary/aromatic N) is 1. The summed E-state index contributed by atoms with van der Waals surface area (Å²) in [4.78, 5) is 13.7. The summed E-state index contributed by atoms with van der Waals surface area (Å²) in [5.41, 5.74) is 6.01. The van der Waals surface area contributed by atoms with E-state index in [4.69, 9.17) is 5.73 Å². The van der Waals surface area contributed by atoms with Gasteiger partial charge in [0.1, 0.15) is 0 Å². The Bertz CT molecular complexity index is 235. The van der Waals surface area contributed by atoms with E-state index in [1.165, 1.54) is 19.3 Å². The van der Waals surface area contributed by atoms with Crippen LogP contribution in [0.25, 0.3) is 0 Å². The average Bonchev–Trinajstić information content (AvgIpc) is 2.45. The molecule has 0 radical (unpaired) electrons. The molecule has 1 saturated carbocycles. The summed E-state index contributed by atoms with van der Waals surface area (Å²) < 4.78 is 0. The second kappa shape index (κ2) is 3.54. The van der Waals surface area contributed by atoms with Gasteiger partial charge in [0, 0.05) is 19.5 Å². The maximum atomic E-state index is 11.6. The van der Waals surface area contributed by atoms with Gasteiger partial charge >= 0.3 is 0 Å². The summed E-state index contributed by atoms with van der Waals surface area (Å²) in [7, 11) is 0. The lowest BCUT2D eigenvalue weighted by atomic mass is 9.70. The zero-order chi connectivity index (χ0) is 10.2. The monoisotopic (exact) mass is 196 g/mol. The fourth-order valence-corrected chi connectivity index (χ4v) is 2.56. The fraction of sp³-hybridized carbons (Fsp3) is 0.909. The van der Waals surface area contributed by atoms with Crippen molar-refractivity contribution in [2.24, 2.45) is 17.1 Å². The van der Waals surface area contributed by atoms with Gasteiger partial charge in [-0.25, -0.2) is 0 Å². The normalized spacial score (nSPS) is 30.6. The number of rotatable bonds is 3. The van der Waals surface area contributed by atoms with Crippen LogP contribution in [0.5, 0.6) is 0 Å². The van der Waals surface area contributed by atoms with Gasteiger partial charge in [-0.2, -0.15) is 0 Å². The zero-order valence-corrected chi connectivity index (χ0v) is 8.96. The number of carbonyl (C=O) groups is 1. The maximum Gasteiger partial charge on any atom is 0.222 e. The summed E-state index contributed by atoms with van der Waals surface area (Å²) >= 11 is 0. The molecule has 2 aliphatic rings. The number of nitrogens with two attached hydrogens (primary N) is 1. The van der Waals surface area contributed by atoms with E-state index in [2.05, 4.69) is 6.92 Å². The molecule has 2 N–H and O–H groups in total. The number of likely N-dealkylation sites (tertiary alicyclic amines) is 1. The molecule has 80 valence electrons. The first kappa shape index (κ1) is 9.97. The van der Waals surface area contributed by atoms with Crippen LogP contribution in [0, 0.1) is 11.3 Å². The molecule has 1 saturated heterocycles. The zero-order valence-electron chi connectivity index (χ0n) is 8.96. The number of hydrogen-bond donors (Lipinski definition) is 1. The van der Waals surface area contributed by atoms with Crippen molar-refractivity contribution >= 4 is 5.91 Å². The SMILES string of the molecule is CC1(CN2CC(CN)CC2=O)CCC1. The van der Waals surface area contributed by atoms with Crippen LogP contribution in [0.4, 0.5) is 0 Å². The quantitative estimate of drug-likeness (QED) is 0.731. The van der Waals surface area contributed by atoms with E-state index in [-0.39, 0.29) is 0 Å². The van der Waals surface area contributed by atoms with Crippen molar-refractivity contribution in [1.82, 2.24) is 4.90 Å². The van der Waals surface area contributed by atoms with Gasteiger partial charge in [0.25, 0.3) is 0 Å². The highest BCUT2D eigenvalue weighted by molar-refractivity contribution is 5.78. The largest absolute Gasteiger partial charge is 0.342 e. The Kier molecular flexibility index (Phi) is 2.52. The smallest absolute Gasteiger partial charge is 0.222 e. The highest BCUT2D eigenvalue weighted by Gasteiger charge is 2.38. The lowest BCUT2D eigenvalue weighted by Crippen LogP contribution is -2.41. The number of carbonyl (C=O) groups excluding carboxylic acids is 1. The molecule has 1 unspecified atom stereocenters. The molecule has 1 atom stereocenters. The minimum Gasteiger partial charge on any atom is -0.342 e. The minimum absolute atomic E-state index is 0.313. The van der Waals surface area contributed by atoms with Crippen molar-refractivity contribution in [2.75, 3.05) is 19.6 Å². The second-order valence-electron chi connectivity index (χ2n) is 5.24. The van der Waals surface area contributed by atoms with Gasteiger partial charge in [-0.05, 0) is 30.7 Å². The number of amides is 1. The molecule has 1 aliphatic heterocycles. The molecule has 1 aliphatic carbocycles. The van der Waals surface area contributed by atoms with E-state index in [0.29, 0.717) is 30.2 Å². The van der Waals surface area contributed by atoms with Gasteiger partial charge in [-0.1, -0.05) is 13.3 Å². The number of hydrogen-bond acceptors (Lipinski definition) is 2. The lowest BCUT2D eigenvalue weighted by Gasteiger charge is -2.41. The summed E-state index contributed by atoms with van der Waals surface area (Å²) in [6, 6.07) is 0. The molecule has 0 aromatic rings. The van der Waals surface area contributed by atoms with Crippen LogP contribution in [0.1, 0.15) is 32.6 Å². The van der Waals surface area contributed by atoms with Gasteiger partial charge < -0.3 is 10.6 Å². The van der Waals surface area contributed by atoms with Gasteiger partial charge in [-0.3, -0.25) is 4.79 Å². The third-order valence-corrected chi connectivity index (χ3v) is 3.76. The maximum absolute atomic E-state index is 11.6. The van der Waals surface area contributed by atoms with Gasteiger partial charge in [-0.15, -0.1) is 0 Å². The Balaban J connectivity index is 1.89. The van der Waals surface area contributed by atoms with Crippen molar-refractivity contribution in [1.29, 1.82) is 0 Å². The van der Waals surface area contributed by atoms with E-state index in [9.17, 15) is 4.79 Å². The molecule has 14 heavy (non-hydrogen) atoms. The predicted molar refractivity (Wildman–Crippen MR) is 55.7 cm³/mol. The first-order chi connectivity index (χ1) is 6.63. The van der Waals surface area contributed by atoms with Crippen LogP contribution in [-0.4, -0.2) is 30.4 Å². The van der Waals surface area contributed by atoms with Crippen LogP contribution < -0.4 is 5.73 Å². The first-order valence-corrected chi connectivity index (χ1v) is 5.61. The summed E-state index contributed by atoms with van der Waals surface area (Å²) in [6.45, 7) is 4.80. The van der Waals surface area contributed by atoms with Crippen molar-refractivity contribution in [2.45, 2.75) is 32.6 Å². The molecule has 3 heteroatoms. The summed E-state index contributed by atoms with van der Waals surface area (Å²) in [5, 5.41) is 0. The van der Waals surface area contributed by atoms with Gasteiger partial charge in [0.05, 0.1) is 0 Å². The Hall–Kier alpha value is -0.570. The Morgan fingerprint density at radius 1 is 1.57 bits per heavy atom. The van der Waals surface area contributed by atoms with Crippen molar-refractivity contribution in [3.05, 3.63) is 0 Å². The molecule has 0 aromatic carbocycles. The molecule has 0 aromatic heterocycles. The standard InChI is InChI=1S/C11H20N2O/c1-11(3-2-4-11)8-13-7-9(6-12)5-10(13)14/h9H,2-8,12H2,1H3. The molecular weight excluding hydrogens is 176 g/mol. The van der Waals surface area contributed by atoms with E-state index < -0.39 is 0 Å². The van der Waals surface area contributed by atoms with E-state index >= 15 is 0 Å². The third kappa shape index (κ3) is 1.78. The fourth-order valence-electron chi connectivity index (χ4n) is 2.56. The highest BCUT2D eigenvalue weighted by Crippen LogP contribution is 2.41. The van der Waals surface area contributed by atoms with Crippen molar-refractivity contribution < 1.29 is 4.79 Å². The van der Waals surface area contributed by atoms with Crippen LogP contribution in [0.2, 0.25) is 0 Å². The molecule has 2 rings (SSSR count). The topological polar surface area (TPSA) is 46.3 Å². The highest BCUT2D eigenvalue weighted by atomic mass is 16.2. The van der Waals surface area contributed by atoms with Crippen molar-refractivity contribution in [3.63, 3.8) is 0 Å². The molecule has 1 heterocycles. The Morgan fingerprint density at radius 3 is 2.71 bits per heavy atom. The second-order valence-corrected chi connectivity index (χ2v) is 5.24.